The van der Waals surface area contributed by atoms with Crippen molar-refractivity contribution >= 4 is 13.8 Å². The highest BCUT2D eigenvalue weighted by Crippen LogP contribution is 2.47. The molecule has 1 fully saturated rings. The average Bonchev–Trinajstić information content (AvgIpc) is 3.27. The van der Waals surface area contributed by atoms with Gasteiger partial charge in [-0.05, 0) is 12.8 Å². The Hall–Kier alpha value is -0.660. The van der Waals surface area contributed by atoms with Crippen molar-refractivity contribution in [3.05, 3.63) is 0 Å². The maximum Gasteiger partial charge on any atom is 0.472 e. The minimum atomic E-state index is -5.01. The number of phosphoric ester groups is 1. The van der Waals surface area contributed by atoms with Gasteiger partial charge in [-0.3, -0.25) is 13.8 Å². The van der Waals surface area contributed by atoms with Gasteiger partial charge in [-0.2, -0.15) is 0 Å². The fourth-order valence-corrected chi connectivity index (χ4v) is 9.51. The SMILES string of the molecule is CCCCCCCCCCCCCCCCCCCCCCCCOCC(COP(=O)(O)OC1C(O)C(O)C(O)C(O)C1O)OC(=O)CCCCCCCCCCCCCCCC. The van der Waals surface area contributed by atoms with Crippen LogP contribution in [0.1, 0.15) is 251 Å². The van der Waals surface area contributed by atoms with Crippen LogP contribution in [-0.4, -0.2) is 98.9 Å². The van der Waals surface area contributed by atoms with Gasteiger partial charge in [0.1, 0.15) is 42.7 Å². The van der Waals surface area contributed by atoms with Crippen molar-refractivity contribution in [2.24, 2.45) is 0 Å². The standard InChI is InChI=1S/C50H99O12P/c1-3-5-7-9-11-13-15-17-19-20-21-22-23-24-25-26-28-30-32-34-36-38-40-59-41-43(42-60-63(57,58)62-50-48(55)46(53)45(52)47(54)49(50)56)61-44(51)39-37-35-33-31-29-27-18-16-14-12-10-8-6-4-2/h43,45-50,52-56H,3-42H2,1-2H3,(H,57,58). The first-order valence-electron chi connectivity index (χ1n) is 26.4. The third-order valence-electron chi connectivity index (χ3n) is 12.7. The van der Waals surface area contributed by atoms with Gasteiger partial charge < -0.3 is 39.9 Å². The Kier molecular flexibility index (Phi) is 39.8. The number of carbonyl (C=O) groups excluding carboxylic acids is 1. The van der Waals surface area contributed by atoms with Crippen LogP contribution in [0.4, 0.5) is 0 Å². The Morgan fingerprint density at radius 1 is 0.444 bits per heavy atom. The number of ether oxygens (including phenoxy) is 2. The van der Waals surface area contributed by atoms with Crippen molar-refractivity contribution < 1.29 is 58.3 Å². The van der Waals surface area contributed by atoms with Crippen LogP contribution >= 0.6 is 7.82 Å². The van der Waals surface area contributed by atoms with Crippen LogP contribution in [0.25, 0.3) is 0 Å². The Bertz CT molecular complexity index is 1050. The summed E-state index contributed by atoms with van der Waals surface area (Å²) in [6.07, 6.45) is 33.2. The van der Waals surface area contributed by atoms with E-state index in [0.29, 0.717) is 13.0 Å². The van der Waals surface area contributed by atoms with Gasteiger partial charge in [0.05, 0.1) is 13.2 Å². The van der Waals surface area contributed by atoms with E-state index < -0.39 is 63.1 Å². The molecule has 0 aliphatic heterocycles. The molecule has 1 saturated carbocycles. The largest absolute Gasteiger partial charge is 0.472 e. The Balaban J connectivity index is 2.28. The van der Waals surface area contributed by atoms with Crippen molar-refractivity contribution in [2.45, 2.75) is 294 Å². The molecule has 6 atom stereocenters. The van der Waals surface area contributed by atoms with Crippen molar-refractivity contribution in [2.75, 3.05) is 19.8 Å². The van der Waals surface area contributed by atoms with Crippen molar-refractivity contribution in [3.63, 3.8) is 0 Å². The predicted molar refractivity (Wildman–Crippen MR) is 254 cm³/mol. The second-order valence-corrected chi connectivity index (χ2v) is 20.2. The van der Waals surface area contributed by atoms with E-state index in [1.807, 2.05) is 0 Å². The summed E-state index contributed by atoms with van der Waals surface area (Å²) < 4.78 is 34.3. The van der Waals surface area contributed by atoms with Crippen LogP contribution in [0.15, 0.2) is 0 Å². The van der Waals surface area contributed by atoms with E-state index in [1.165, 1.54) is 186 Å². The molecule has 0 radical (unpaired) electrons. The normalized spacial score (nSPS) is 21.7. The zero-order valence-corrected chi connectivity index (χ0v) is 41.3. The predicted octanol–water partition coefficient (Wildman–Crippen LogP) is 11.7. The molecule has 0 heterocycles. The first-order valence-corrected chi connectivity index (χ1v) is 27.9. The Morgan fingerprint density at radius 3 is 1.10 bits per heavy atom. The molecule has 0 spiro atoms. The Morgan fingerprint density at radius 2 is 0.746 bits per heavy atom. The van der Waals surface area contributed by atoms with Gasteiger partial charge in [-0.25, -0.2) is 4.57 Å². The van der Waals surface area contributed by atoms with E-state index in [2.05, 4.69) is 13.8 Å². The second kappa shape index (κ2) is 41.5. The van der Waals surface area contributed by atoms with E-state index in [-0.39, 0.29) is 13.0 Å². The van der Waals surface area contributed by atoms with E-state index >= 15 is 0 Å². The number of aliphatic hydroxyl groups is 5. The smallest absolute Gasteiger partial charge is 0.457 e. The van der Waals surface area contributed by atoms with Gasteiger partial charge in [0.25, 0.3) is 0 Å². The summed E-state index contributed by atoms with van der Waals surface area (Å²) in [5.74, 6) is -0.470. The Labute approximate surface area is 385 Å². The number of aliphatic hydroxyl groups excluding tert-OH is 5. The molecule has 0 aromatic heterocycles. The lowest BCUT2D eigenvalue weighted by atomic mass is 9.85. The van der Waals surface area contributed by atoms with Gasteiger partial charge in [0.15, 0.2) is 0 Å². The molecule has 13 heteroatoms. The van der Waals surface area contributed by atoms with E-state index in [9.17, 15) is 39.8 Å². The molecule has 1 aliphatic carbocycles. The summed E-state index contributed by atoms with van der Waals surface area (Å²) in [6.45, 7) is 4.32. The molecule has 63 heavy (non-hydrogen) atoms. The maximum atomic E-state index is 12.8. The zero-order chi connectivity index (χ0) is 46.2. The van der Waals surface area contributed by atoms with E-state index in [0.717, 1.165) is 38.5 Å². The number of carbonyl (C=O) groups is 1. The van der Waals surface area contributed by atoms with Gasteiger partial charge in [0, 0.05) is 13.0 Å². The summed E-state index contributed by atoms with van der Waals surface area (Å²) >= 11 is 0. The lowest BCUT2D eigenvalue weighted by molar-refractivity contribution is -0.220. The minimum Gasteiger partial charge on any atom is -0.457 e. The molecule has 12 nitrogen and oxygen atoms in total. The molecule has 0 aromatic carbocycles. The molecule has 0 amide bonds. The summed E-state index contributed by atoms with van der Waals surface area (Å²) in [5, 5.41) is 50.3. The first kappa shape index (κ1) is 60.4. The number of hydrogen-bond donors (Lipinski definition) is 6. The number of hydrogen-bond acceptors (Lipinski definition) is 11. The fourth-order valence-electron chi connectivity index (χ4n) is 8.54. The topological polar surface area (TPSA) is 192 Å². The molecule has 0 saturated heterocycles. The van der Waals surface area contributed by atoms with Gasteiger partial charge >= 0.3 is 13.8 Å². The third kappa shape index (κ3) is 33.5. The first-order chi connectivity index (χ1) is 30.5. The fraction of sp³-hybridized carbons (Fsp3) is 0.980. The molecule has 376 valence electrons. The highest BCUT2D eigenvalue weighted by Gasteiger charge is 2.51. The van der Waals surface area contributed by atoms with Crippen LogP contribution in [0.5, 0.6) is 0 Å². The number of unbranched alkanes of at least 4 members (excludes halogenated alkanes) is 34. The van der Waals surface area contributed by atoms with Gasteiger partial charge in [-0.1, -0.05) is 232 Å². The lowest BCUT2D eigenvalue weighted by Crippen LogP contribution is -2.64. The molecule has 6 N–H and O–H groups in total. The van der Waals surface area contributed by atoms with Crippen LogP contribution < -0.4 is 0 Å². The molecular weight excluding hydrogens is 824 g/mol. The second-order valence-electron chi connectivity index (χ2n) is 18.7. The summed E-state index contributed by atoms with van der Waals surface area (Å²) in [6, 6.07) is 0. The minimum absolute atomic E-state index is 0.0674. The maximum absolute atomic E-state index is 12.8. The lowest BCUT2D eigenvalue weighted by Gasteiger charge is -2.41. The van der Waals surface area contributed by atoms with Crippen LogP contribution in [-0.2, 0) is 27.9 Å². The number of rotatable bonds is 46. The van der Waals surface area contributed by atoms with Crippen molar-refractivity contribution in [1.29, 1.82) is 0 Å². The van der Waals surface area contributed by atoms with Crippen molar-refractivity contribution in [1.82, 2.24) is 0 Å². The molecule has 0 bridgehead atoms. The average molecular weight is 923 g/mol. The highest BCUT2D eigenvalue weighted by atomic mass is 31.2. The molecule has 1 rings (SSSR count). The molecular formula is C50H99O12P. The molecule has 0 aromatic rings. The highest BCUT2D eigenvalue weighted by molar-refractivity contribution is 7.47. The van der Waals surface area contributed by atoms with E-state index in [4.69, 9.17) is 18.5 Å². The quantitative estimate of drug-likeness (QED) is 0.0193. The molecule has 6 unspecified atom stereocenters. The third-order valence-corrected chi connectivity index (χ3v) is 13.7. The van der Waals surface area contributed by atoms with Gasteiger partial charge in [-0.15, -0.1) is 0 Å². The monoisotopic (exact) mass is 923 g/mol. The van der Waals surface area contributed by atoms with Crippen LogP contribution in [0.2, 0.25) is 0 Å². The summed E-state index contributed by atoms with van der Waals surface area (Å²) in [7, 11) is -5.01. The summed E-state index contributed by atoms with van der Waals surface area (Å²) in [4.78, 5) is 23.2. The van der Waals surface area contributed by atoms with Crippen molar-refractivity contribution in [3.8, 4) is 0 Å². The zero-order valence-electron chi connectivity index (χ0n) is 40.4. The summed E-state index contributed by atoms with van der Waals surface area (Å²) in [5.41, 5.74) is 0. The number of esters is 1. The molecule has 1 aliphatic rings. The van der Waals surface area contributed by atoms with Gasteiger partial charge in [0.2, 0.25) is 0 Å². The number of phosphoric acid groups is 1. The van der Waals surface area contributed by atoms with Crippen LogP contribution in [0, 0.1) is 0 Å². The van der Waals surface area contributed by atoms with E-state index in [1.54, 1.807) is 0 Å². The van der Waals surface area contributed by atoms with Crippen LogP contribution in [0.3, 0.4) is 0 Å².